The highest BCUT2D eigenvalue weighted by atomic mass is 19.4. The van der Waals surface area contributed by atoms with Crippen molar-refractivity contribution in [3.8, 4) is 5.75 Å². The normalized spacial score (nSPS) is 15.7. The summed E-state index contributed by atoms with van der Waals surface area (Å²) in [6, 6.07) is 12.3. The van der Waals surface area contributed by atoms with Crippen LogP contribution in [0.15, 0.2) is 60.7 Å². The Morgan fingerprint density at radius 2 is 1.57 bits per heavy atom. The van der Waals surface area contributed by atoms with Gasteiger partial charge in [0.15, 0.2) is 6.10 Å². The number of nitrogens with one attached hydrogen (secondary N) is 1. The van der Waals surface area contributed by atoms with E-state index in [1.165, 1.54) is 23.1 Å². The van der Waals surface area contributed by atoms with E-state index in [1.54, 1.807) is 6.92 Å². The molecule has 1 atom stereocenters. The smallest absolute Gasteiger partial charge is 0.416 e. The molecule has 1 heterocycles. The van der Waals surface area contributed by atoms with Crippen LogP contribution in [-0.2, 0) is 23.7 Å². The first kappa shape index (κ1) is 26.1. The molecule has 0 radical (unpaired) electrons. The summed E-state index contributed by atoms with van der Waals surface area (Å²) >= 11 is 0. The molecule has 0 saturated carbocycles. The van der Waals surface area contributed by atoms with Gasteiger partial charge in [-0.3, -0.25) is 9.59 Å². The van der Waals surface area contributed by atoms with Crippen molar-refractivity contribution in [1.82, 2.24) is 0 Å². The van der Waals surface area contributed by atoms with Crippen LogP contribution in [0.1, 0.15) is 39.5 Å². The maximum absolute atomic E-state index is 13.2. The third-order valence-corrected chi connectivity index (χ3v) is 5.86. The van der Waals surface area contributed by atoms with Gasteiger partial charge in [-0.15, -0.1) is 0 Å². The first-order valence-corrected chi connectivity index (χ1v) is 11.0. The number of hydrogen-bond acceptors (Lipinski definition) is 3. The zero-order valence-electron chi connectivity index (χ0n) is 19.5. The highest BCUT2D eigenvalue weighted by molar-refractivity contribution is 6.06. The van der Waals surface area contributed by atoms with Crippen LogP contribution in [0.2, 0.25) is 0 Å². The van der Waals surface area contributed by atoms with Gasteiger partial charge in [-0.25, -0.2) is 0 Å². The number of carbonyl (C=O) groups is 2. The largest absolute Gasteiger partial charge is 0.479 e. The molecule has 1 aliphatic rings. The van der Waals surface area contributed by atoms with Gasteiger partial charge >= 0.3 is 12.4 Å². The molecule has 0 saturated heterocycles. The molecule has 0 bridgehead atoms. The topological polar surface area (TPSA) is 58.6 Å². The fourth-order valence-corrected chi connectivity index (χ4v) is 3.89. The Morgan fingerprint density at radius 3 is 2.16 bits per heavy atom. The van der Waals surface area contributed by atoms with E-state index in [4.69, 9.17) is 4.74 Å². The van der Waals surface area contributed by atoms with E-state index < -0.39 is 41.1 Å². The van der Waals surface area contributed by atoms with Gasteiger partial charge in [0.25, 0.3) is 11.8 Å². The second-order valence-corrected chi connectivity index (χ2v) is 8.54. The number of rotatable bonds is 4. The molecule has 3 aromatic rings. The number of alkyl halides is 6. The molecule has 0 fully saturated rings. The van der Waals surface area contributed by atoms with Crippen molar-refractivity contribution in [3.63, 3.8) is 0 Å². The molecular formula is C26H20F6N2O3. The summed E-state index contributed by atoms with van der Waals surface area (Å²) in [5, 5.41) is 2.32. The lowest BCUT2D eigenvalue weighted by Crippen LogP contribution is -2.44. The van der Waals surface area contributed by atoms with Gasteiger partial charge in [-0.05, 0) is 61.4 Å². The first-order chi connectivity index (χ1) is 17.2. The van der Waals surface area contributed by atoms with Crippen LogP contribution < -0.4 is 15.0 Å². The number of carbonyl (C=O) groups excluding carboxylic acids is 2. The fourth-order valence-electron chi connectivity index (χ4n) is 3.89. The van der Waals surface area contributed by atoms with Crippen molar-refractivity contribution in [2.75, 3.05) is 10.2 Å². The zero-order valence-corrected chi connectivity index (χ0v) is 19.5. The van der Waals surface area contributed by atoms with Gasteiger partial charge in [0, 0.05) is 11.3 Å². The van der Waals surface area contributed by atoms with Crippen LogP contribution in [0.4, 0.5) is 37.7 Å². The van der Waals surface area contributed by atoms with E-state index in [0.717, 1.165) is 11.1 Å². The van der Waals surface area contributed by atoms with Crippen molar-refractivity contribution in [1.29, 1.82) is 0 Å². The quantitative estimate of drug-likeness (QED) is 0.393. The van der Waals surface area contributed by atoms with E-state index in [2.05, 4.69) is 5.32 Å². The predicted octanol–water partition coefficient (Wildman–Crippen LogP) is 6.60. The predicted molar refractivity (Wildman–Crippen MR) is 123 cm³/mol. The van der Waals surface area contributed by atoms with Gasteiger partial charge in [0.2, 0.25) is 0 Å². The van der Waals surface area contributed by atoms with E-state index in [9.17, 15) is 35.9 Å². The molecule has 5 nitrogen and oxygen atoms in total. The number of ether oxygens (including phenoxy) is 1. The molecule has 0 aromatic heterocycles. The maximum atomic E-state index is 13.2. The third kappa shape index (κ3) is 5.55. The van der Waals surface area contributed by atoms with Gasteiger partial charge < -0.3 is 15.0 Å². The minimum absolute atomic E-state index is 0.0513. The second-order valence-electron chi connectivity index (χ2n) is 8.54. The highest BCUT2D eigenvalue weighted by Gasteiger charge is 2.38. The Kier molecular flexibility index (Phi) is 6.66. The van der Waals surface area contributed by atoms with Crippen molar-refractivity contribution in [2.45, 2.75) is 38.8 Å². The Balaban J connectivity index is 1.68. The van der Waals surface area contributed by atoms with Gasteiger partial charge in [-0.2, -0.15) is 26.3 Å². The van der Waals surface area contributed by atoms with Crippen molar-refractivity contribution >= 4 is 23.2 Å². The maximum Gasteiger partial charge on any atom is 0.416 e. The second kappa shape index (κ2) is 9.45. The monoisotopic (exact) mass is 522 g/mol. The molecule has 194 valence electrons. The van der Waals surface area contributed by atoms with E-state index in [-0.39, 0.29) is 24.2 Å². The fraction of sp³-hybridized carbons (Fsp3) is 0.231. The average Bonchev–Trinajstić information content (AvgIpc) is 2.82. The summed E-state index contributed by atoms with van der Waals surface area (Å²) < 4.78 is 84.7. The Hall–Kier alpha value is -4.02. The molecule has 0 aliphatic carbocycles. The SMILES string of the molecule is Cc1ccccc1CN1C(=O)C(C)Oc2ccc(NC(=O)c3cc(C(F)(F)F)cc(C(F)(F)F)c3)cc21. The standard InChI is InChI=1S/C26H20F6N2O3/c1-14-5-3-4-6-16(14)13-34-21-12-20(7-8-22(21)37-15(2)24(34)36)33-23(35)17-9-18(25(27,28)29)11-19(10-17)26(30,31)32/h3-12,15H,13H2,1-2H3,(H,33,35). The molecule has 11 heteroatoms. The summed E-state index contributed by atoms with van der Waals surface area (Å²) in [6.07, 6.45) is -11.0. The Bertz CT molecular complexity index is 1330. The Morgan fingerprint density at radius 1 is 0.946 bits per heavy atom. The molecule has 0 spiro atoms. The number of fused-ring (bicyclic) bond motifs is 1. The lowest BCUT2D eigenvalue weighted by atomic mass is 10.0. The third-order valence-electron chi connectivity index (χ3n) is 5.86. The first-order valence-electron chi connectivity index (χ1n) is 11.0. The van der Waals surface area contributed by atoms with Crippen LogP contribution >= 0.6 is 0 Å². The van der Waals surface area contributed by atoms with Crippen molar-refractivity contribution < 1.29 is 40.7 Å². The van der Waals surface area contributed by atoms with Crippen LogP contribution in [0, 0.1) is 6.92 Å². The lowest BCUT2D eigenvalue weighted by molar-refractivity contribution is -0.143. The number of amides is 2. The molecule has 1 aliphatic heterocycles. The van der Waals surface area contributed by atoms with E-state index in [0.29, 0.717) is 23.6 Å². The molecule has 2 amide bonds. The Labute approximate surface area is 207 Å². The van der Waals surface area contributed by atoms with Gasteiger partial charge in [-0.1, -0.05) is 24.3 Å². The molecule has 1 unspecified atom stereocenters. The van der Waals surface area contributed by atoms with Crippen LogP contribution in [-0.4, -0.2) is 17.9 Å². The number of halogens is 6. The number of hydrogen-bond donors (Lipinski definition) is 1. The van der Waals surface area contributed by atoms with Crippen molar-refractivity contribution in [3.05, 3.63) is 88.5 Å². The summed E-state index contributed by atoms with van der Waals surface area (Å²) in [6.45, 7) is 3.65. The van der Waals surface area contributed by atoms with Crippen LogP contribution in [0.3, 0.4) is 0 Å². The lowest BCUT2D eigenvalue weighted by Gasteiger charge is -2.33. The van der Waals surface area contributed by atoms with E-state index >= 15 is 0 Å². The summed E-state index contributed by atoms with van der Waals surface area (Å²) in [5.74, 6) is -1.21. The zero-order chi connectivity index (χ0) is 27.1. The van der Waals surface area contributed by atoms with Crippen LogP contribution in [0.5, 0.6) is 5.75 Å². The summed E-state index contributed by atoms with van der Waals surface area (Å²) in [4.78, 5) is 27.1. The number of aryl methyl sites for hydroxylation is 1. The minimum atomic E-state index is -5.09. The summed E-state index contributed by atoms with van der Waals surface area (Å²) in [7, 11) is 0. The van der Waals surface area contributed by atoms with E-state index in [1.807, 2.05) is 31.2 Å². The number of benzene rings is 3. The van der Waals surface area contributed by atoms with Crippen molar-refractivity contribution in [2.24, 2.45) is 0 Å². The van der Waals surface area contributed by atoms with Gasteiger partial charge in [0.1, 0.15) is 5.75 Å². The molecular weight excluding hydrogens is 502 g/mol. The number of nitrogens with zero attached hydrogens (tertiary/aromatic N) is 1. The molecule has 1 N–H and O–H groups in total. The molecule has 37 heavy (non-hydrogen) atoms. The highest BCUT2D eigenvalue weighted by Crippen LogP contribution is 2.39. The summed E-state index contributed by atoms with van der Waals surface area (Å²) in [5.41, 5.74) is -1.89. The van der Waals surface area contributed by atoms with Crippen LogP contribution in [0.25, 0.3) is 0 Å². The minimum Gasteiger partial charge on any atom is -0.479 e. The number of anilines is 2. The molecule has 3 aromatic carbocycles. The average molecular weight is 522 g/mol. The molecule has 4 rings (SSSR count). The van der Waals surface area contributed by atoms with Gasteiger partial charge in [0.05, 0.1) is 23.4 Å².